The van der Waals surface area contributed by atoms with Crippen molar-refractivity contribution in [3.8, 4) is 0 Å². The number of rotatable bonds is 8. The summed E-state index contributed by atoms with van der Waals surface area (Å²) in [4.78, 5) is 57.9. The molecule has 0 aromatic carbocycles. The number of unbranched alkanes of at least 4 members (excludes halogenated alkanes) is 1. The molecule has 1 aromatic rings. The van der Waals surface area contributed by atoms with Crippen molar-refractivity contribution in [3.05, 3.63) is 18.0 Å². The molecule has 0 unspecified atom stereocenters. The normalized spacial score (nSPS) is 20.9. The topological polar surface area (TPSA) is 108 Å². The third kappa shape index (κ3) is 9.28. The van der Waals surface area contributed by atoms with Crippen molar-refractivity contribution in [2.75, 3.05) is 60.5 Å². The molecule has 230 valence electrons. The quantitative estimate of drug-likeness (QED) is 0.440. The minimum absolute atomic E-state index is 0.0396. The van der Waals surface area contributed by atoms with Gasteiger partial charge in [0, 0.05) is 79.6 Å². The monoisotopic (exact) mass is 574 g/mol. The Balaban J connectivity index is 1.52. The average molecular weight is 575 g/mol. The number of ether oxygens (including phenoxy) is 1. The molecule has 2 aliphatic rings. The predicted octanol–water partition coefficient (Wildman–Crippen LogP) is 2.10. The van der Waals surface area contributed by atoms with Crippen molar-refractivity contribution in [1.29, 1.82) is 0 Å². The van der Waals surface area contributed by atoms with Gasteiger partial charge in [0.15, 0.2) is 0 Å². The molecule has 11 nitrogen and oxygen atoms in total. The van der Waals surface area contributed by atoms with E-state index >= 15 is 0 Å². The van der Waals surface area contributed by atoms with E-state index in [2.05, 4.69) is 5.10 Å². The summed E-state index contributed by atoms with van der Waals surface area (Å²) in [6.07, 6.45) is 9.37. The van der Waals surface area contributed by atoms with Gasteiger partial charge in [-0.3, -0.25) is 23.9 Å². The lowest BCUT2D eigenvalue weighted by Gasteiger charge is -2.41. The first-order valence-corrected chi connectivity index (χ1v) is 15.1. The molecule has 2 aliphatic heterocycles. The molecule has 0 N–H and O–H groups in total. The van der Waals surface area contributed by atoms with Gasteiger partial charge in [-0.25, -0.2) is 0 Å². The highest BCUT2D eigenvalue weighted by Gasteiger charge is 2.36. The molecule has 1 aromatic heterocycles. The highest BCUT2D eigenvalue weighted by Crippen LogP contribution is 2.37. The molecule has 3 rings (SSSR count). The van der Waals surface area contributed by atoms with Crippen LogP contribution in [0, 0.1) is 5.41 Å². The van der Waals surface area contributed by atoms with E-state index in [0.717, 1.165) is 63.7 Å². The third-order valence-corrected chi connectivity index (χ3v) is 9.04. The number of piperidine rings is 1. The predicted molar refractivity (Wildman–Crippen MR) is 156 cm³/mol. The van der Waals surface area contributed by atoms with Crippen LogP contribution in [0.4, 0.5) is 0 Å². The Morgan fingerprint density at radius 1 is 1.07 bits per heavy atom. The van der Waals surface area contributed by atoms with Crippen LogP contribution in [0.2, 0.25) is 0 Å². The standard InChI is InChI=1S/C30H50N6O5/c1-24(37)36-20-15-30(16-21-36)14-7-9-19-33(3)29(40)26(34(4)28(39)22-41-23-30)10-6-8-18-32(2)27(38)12-11-25-13-17-31-35(25)5/h13,17,26H,6-12,14-16,18-23H2,1-5H3/t26-/m0/s1. The van der Waals surface area contributed by atoms with Crippen LogP contribution in [0.25, 0.3) is 0 Å². The van der Waals surface area contributed by atoms with E-state index in [1.807, 2.05) is 32.1 Å². The summed E-state index contributed by atoms with van der Waals surface area (Å²) in [6.45, 7) is 4.73. The average Bonchev–Trinajstić information content (AvgIpc) is 3.37. The Kier molecular flexibility index (Phi) is 12.2. The van der Waals surface area contributed by atoms with Gasteiger partial charge in [-0.05, 0) is 62.8 Å². The van der Waals surface area contributed by atoms with E-state index in [0.29, 0.717) is 39.0 Å². The van der Waals surface area contributed by atoms with Crippen LogP contribution in [0.3, 0.4) is 0 Å². The van der Waals surface area contributed by atoms with Crippen molar-refractivity contribution in [3.63, 3.8) is 0 Å². The number of carbonyl (C=O) groups excluding carboxylic acids is 4. The minimum atomic E-state index is -0.560. The molecule has 1 atom stereocenters. The van der Waals surface area contributed by atoms with Crippen LogP contribution < -0.4 is 0 Å². The lowest BCUT2D eigenvalue weighted by Crippen LogP contribution is -2.49. The molecule has 41 heavy (non-hydrogen) atoms. The SMILES string of the molecule is CC(=O)N1CCC2(CCCCN(C)C(=O)[C@H](CCCCN(C)C(=O)CCc3ccnn3C)N(C)C(=O)COC2)CC1. The van der Waals surface area contributed by atoms with Crippen molar-refractivity contribution >= 4 is 23.6 Å². The minimum Gasteiger partial charge on any atom is -0.371 e. The summed E-state index contributed by atoms with van der Waals surface area (Å²) >= 11 is 0. The Morgan fingerprint density at radius 3 is 2.46 bits per heavy atom. The van der Waals surface area contributed by atoms with E-state index in [9.17, 15) is 19.2 Å². The summed E-state index contributed by atoms with van der Waals surface area (Å²) in [5.41, 5.74) is 0.986. The number of amides is 4. The Labute approximate surface area is 245 Å². The van der Waals surface area contributed by atoms with E-state index in [1.165, 1.54) is 0 Å². The summed E-state index contributed by atoms with van der Waals surface area (Å²) < 4.78 is 7.78. The summed E-state index contributed by atoms with van der Waals surface area (Å²) in [5, 5.41) is 4.15. The van der Waals surface area contributed by atoms with Gasteiger partial charge < -0.3 is 24.3 Å². The van der Waals surface area contributed by atoms with Crippen LogP contribution >= 0.6 is 0 Å². The zero-order valence-electron chi connectivity index (χ0n) is 25.8. The van der Waals surface area contributed by atoms with Gasteiger partial charge in [-0.2, -0.15) is 5.10 Å². The fourth-order valence-corrected chi connectivity index (χ4v) is 5.97. The van der Waals surface area contributed by atoms with E-state index in [1.54, 1.807) is 39.5 Å². The zero-order chi connectivity index (χ0) is 30.0. The fraction of sp³-hybridized carbons (Fsp3) is 0.767. The second kappa shape index (κ2) is 15.3. The maximum Gasteiger partial charge on any atom is 0.248 e. The first-order valence-electron chi connectivity index (χ1n) is 15.1. The molecule has 0 bridgehead atoms. The van der Waals surface area contributed by atoms with Crippen molar-refractivity contribution in [1.82, 2.24) is 29.4 Å². The molecule has 0 aliphatic carbocycles. The summed E-state index contributed by atoms with van der Waals surface area (Å²) in [5.74, 6) is -0.0642. The molecule has 1 spiro atoms. The van der Waals surface area contributed by atoms with Gasteiger partial charge in [0.2, 0.25) is 23.6 Å². The number of aryl methyl sites for hydroxylation is 2. The zero-order valence-corrected chi connectivity index (χ0v) is 25.8. The molecular formula is C30H50N6O5. The van der Waals surface area contributed by atoms with E-state index in [-0.39, 0.29) is 35.7 Å². The summed E-state index contributed by atoms with van der Waals surface area (Å²) in [6, 6.07) is 1.36. The molecule has 11 heteroatoms. The highest BCUT2D eigenvalue weighted by atomic mass is 16.5. The Hall–Kier alpha value is -2.95. The van der Waals surface area contributed by atoms with Crippen LogP contribution in [-0.4, -0.2) is 120 Å². The Morgan fingerprint density at radius 2 is 1.80 bits per heavy atom. The Bertz CT molecular complexity index is 1030. The lowest BCUT2D eigenvalue weighted by molar-refractivity contribution is -0.147. The van der Waals surface area contributed by atoms with Gasteiger partial charge in [0.25, 0.3) is 0 Å². The van der Waals surface area contributed by atoms with E-state index < -0.39 is 6.04 Å². The number of likely N-dealkylation sites (N-methyl/N-ethyl adjacent to an activating group) is 2. The molecular weight excluding hydrogens is 524 g/mol. The maximum absolute atomic E-state index is 13.4. The second-order valence-electron chi connectivity index (χ2n) is 12.0. The van der Waals surface area contributed by atoms with E-state index in [4.69, 9.17) is 4.74 Å². The van der Waals surface area contributed by atoms with Crippen LogP contribution in [0.1, 0.15) is 70.4 Å². The molecule has 2 fully saturated rings. The van der Waals surface area contributed by atoms with Gasteiger partial charge in [-0.1, -0.05) is 6.42 Å². The highest BCUT2D eigenvalue weighted by molar-refractivity contribution is 5.88. The summed E-state index contributed by atoms with van der Waals surface area (Å²) in [7, 11) is 7.20. The molecule has 0 saturated carbocycles. The third-order valence-electron chi connectivity index (χ3n) is 9.04. The van der Waals surface area contributed by atoms with Crippen molar-refractivity contribution < 1.29 is 23.9 Å². The number of nitrogens with zero attached hydrogens (tertiary/aromatic N) is 6. The van der Waals surface area contributed by atoms with Gasteiger partial charge in [0.05, 0.1) is 6.61 Å². The molecule has 4 amide bonds. The number of hydrogen-bond acceptors (Lipinski definition) is 6. The van der Waals surface area contributed by atoms with Gasteiger partial charge in [-0.15, -0.1) is 0 Å². The first-order chi connectivity index (χ1) is 19.5. The molecule has 0 radical (unpaired) electrons. The second-order valence-corrected chi connectivity index (χ2v) is 12.0. The molecule has 2 saturated heterocycles. The van der Waals surface area contributed by atoms with Crippen LogP contribution in [0.15, 0.2) is 12.3 Å². The molecule has 3 heterocycles. The number of aromatic nitrogens is 2. The number of hydrogen-bond donors (Lipinski definition) is 0. The van der Waals surface area contributed by atoms with Crippen LogP contribution in [0.5, 0.6) is 0 Å². The number of likely N-dealkylation sites (tertiary alicyclic amines) is 1. The fourth-order valence-electron chi connectivity index (χ4n) is 5.97. The number of carbonyl (C=O) groups is 4. The van der Waals surface area contributed by atoms with Crippen molar-refractivity contribution in [2.45, 2.75) is 77.2 Å². The maximum atomic E-state index is 13.4. The van der Waals surface area contributed by atoms with Gasteiger partial charge in [0.1, 0.15) is 12.6 Å². The van der Waals surface area contributed by atoms with Crippen LogP contribution in [-0.2, 0) is 37.4 Å². The largest absolute Gasteiger partial charge is 0.371 e. The lowest BCUT2D eigenvalue weighted by atomic mass is 9.75. The smallest absolute Gasteiger partial charge is 0.248 e. The van der Waals surface area contributed by atoms with Gasteiger partial charge >= 0.3 is 0 Å². The van der Waals surface area contributed by atoms with Crippen molar-refractivity contribution in [2.24, 2.45) is 12.5 Å². The first kappa shape index (κ1) is 32.6.